The summed E-state index contributed by atoms with van der Waals surface area (Å²) in [5, 5.41) is 0.425. The lowest BCUT2D eigenvalue weighted by Gasteiger charge is -2.24. The van der Waals surface area contributed by atoms with Gasteiger partial charge in [-0.1, -0.05) is 49.7 Å². The van der Waals surface area contributed by atoms with Crippen molar-refractivity contribution in [3.63, 3.8) is 0 Å². The molecule has 0 unspecified atom stereocenters. The van der Waals surface area contributed by atoms with E-state index in [-0.39, 0.29) is 11.7 Å². The molecule has 2 rings (SSSR count). The Balaban J connectivity index is 2.19. The molecule has 27 heavy (non-hydrogen) atoms. The number of benzene rings is 2. The van der Waals surface area contributed by atoms with Gasteiger partial charge in [-0.3, -0.25) is 4.79 Å². The van der Waals surface area contributed by atoms with E-state index in [2.05, 4.69) is 13.8 Å². The molecule has 1 amide bonds. The number of carbonyl (C=O) groups excluding carboxylic acids is 1. The highest BCUT2D eigenvalue weighted by Crippen LogP contribution is 2.21. The summed E-state index contributed by atoms with van der Waals surface area (Å²) in [6, 6.07) is 13.7. The normalized spacial score (nSPS) is 11.4. The quantitative estimate of drug-likeness (QED) is 0.607. The topological polar surface area (TPSA) is 63.7 Å². The number of hydrogen-bond acceptors (Lipinski definition) is 4. The number of rotatable bonds is 8. The van der Waals surface area contributed by atoms with Gasteiger partial charge in [0, 0.05) is 13.1 Å². The van der Waals surface area contributed by atoms with Gasteiger partial charge >= 0.3 is 10.1 Å². The van der Waals surface area contributed by atoms with Crippen LogP contribution in [0.25, 0.3) is 0 Å². The van der Waals surface area contributed by atoms with Crippen LogP contribution in [0.15, 0.2) is 48.5 Å². The Kier molecular flexibility index (Phi) is 7.27. The Labute approximate surface area is 166 Å². The first kappa shape index (κ1) is 21.3. The second-order valence-electron chi connectivity index (χ2n) is 6.82. The number of amides is 1. The molecule has 0 aliphatic rings. The molecule has 5 nitrogen and oxygen atoms in total. The van der Waals surface area contributed by atoms with E-state index in [1.807, 2.05) is 0 Å². The van der Waals surface area contributed by atoms with Crippen LogP contribution in [-0.2, 0) is 16.7 Å². The van der Waals surface area contributed by atoms with Crippen molar-refractivity contribution in [1.82, 2.24) is 4.90 Å². The van der Waals surface area contributed by atoms with Gasteiger partial charge in [-0.15, -0.1) is 0 Å². The van der Waals surface area contributed by atoms with Crippen LogP contribution in [0.4, 0.5) is 0 Å². The summed E-state index contributed by atoms with van der Waals surface area (Å²) in [5.41, 5.74) is 1.35. The minimum absolute atomic E-state index is 0.127. The van der Waals surface area contributed by atoms with Crippen molar-refractivity contribution >= 4 is 27.6 Å². The Bertz CT molecular complexity index is 879. The van der Waals surface area contributed by atoms with Gasteiger partial charge in [0.2, 0.25) is 0 Å². The largest absolute Gasteiger partial charge is 0.383 e. The molecule has 0 N–H and O–H groups in total. The molecule has 0 saturated heterocycles. The zero-order valence-corrected chi connectivity index (χ0v) is 17.3. The SMILES string of the molecule is CC(C)CCN(Cc1ccc(OS(C)(=O)=O)cc1)C(=O)c1ccccc1Cl. The van der Waals surface area contributed by atoms with Crippen molar-refractivity contribution in [2.75, 3.05) is 12.8 Å². The first-order valence-electron chi connectivity index (χ1n) is 8.68. The van der Waals surface area contributed by atoms with Crippen LogP contribution in [0.2, 0.25) is 5.02 Å². The van der Waals surface area contributed by atoms with E-state index in [0.29, 0.717) is 29.6 Å². The number of carbonyl (C=O) groups is 1. The van der Waals surface area contributed by atoms with E-state index in [4.69, 9.17) is 15.8 Å². The summed E-state index contributed by atoms with van der Waals surface area (Å²) in [6.07, 6.45) is 1.86. The van der Waals surface area contributed by atoms with Crippen LogP contribution in [0.5, 0.6) is 5.75 Å². The molecule has 0 spiro atoms. The van der Waals surface area contributed by atoms with E-state index in [1.165, 1.54) is 0 Å². The van der Waals surface area contributed by atoms with Crippen molar-refractivity contribution in [2.45, 2.75) is 26.8 Å². The van der Waals surface area contributed by atoms with E-state index >= 15 is 0 Å². The summed E-state index contributed by atoms with van der Waals surface area (Å²) in [6.45, 7) is 5.21. The van der Waals surface area contributed by atoms with Gasteiger partial charge in [-0.05, 0) is 42.2 Å². The van der Waals surface area contributed by atoms with Crippen LogP contribution in [0, 0.1) is 5.92 Å². The maximum absolute atomic E-state index is 13.0. The summed E-state index contributed by atoms with van der Waals surface area (Å²) < 4.78 is 27.3. The van der Waals surface area contributed by atoms with Crippen molar-refractivity contribution < 1.29 is 17.4 Å². The third kappa shape index (κ3) is 6.88. The molecule has 0 heterocycles. The molecule has 0 aromatic heterocycles. The first-order valence-corrected chi connectivity index (χ1v) is 10.9. The van der Waals surface area contributed by atoms with Crippen molar-refractivity contribution in [3.8, 4) is 5.75 Å². The monoisotopic (exact) mass is 409 g/mol. The fraction of sp³-hybridized carbons (Fsp3) is 0.350. The fourth-order valence-electron chi connectivity index (χ4n) is 2.52. The molecule has 0 aliphatic heterocycles. The Morgan fingerprint density at radius 2 is 1.74 bits per heavy atom. The van der Waals surface area contributed by atoms with Gasteiger partial charge in [0.1, 0.15) is 5.75 Å². The lowest BCUT2D eigenvalue weighted by atomic mass is 10.1. The van der Waals surface area contributed by atoms with Gasteiger partial charge in [0.25, 0.3) is 5.91 Å². The lowest BCUT2D eigenvalue weighted by molar-refractivity contribution is 0.0735. The minimum atomic E-state index is -3.56. The predicted octanol–water partition coefficient (Wildman–Crippen LogP) is 4.37. The minimum Gasteiger partial charge on any atom is -0.383 e. The Morgan fingerprint density at radius 3 is 2.30 bits per heavy atom. The predicted molar refractivity (Wildman–Crippen MR) is 108 cm³/mol. The number of halogens is 1. The average Bonchev–Trinajstić information content (AvgIpc) is 2.58. The fourth-order valence-corrected chi connectivity index (χ4v) is 3.19. The van der Waals surface area contributed by atoms with Crippen LogP contribution in [0.3, 0.4) is 0 Å². The molecule has 0 atom stereocenters. The molecule has 0 radical (unpaired) electrons. The van der Waals surface area contributed by atoms with E-state index in [9.17, 15) is 13.2 Å². The summed E-state index contributed by atoms with van der Waals surface area (Å²) in [4.78, 5) is 14.7. The van der Waals surface area contributed by atoms with Crippen LogP contribution >= 0.6 is 11.6 Å². The smallest absolute Gasteiger partial charge is 0.306 e. The molecule has 0 aliphatic carbocycles. The van der Waals surface area contributed by atoms with E-state index in [1.54, 1.807) is 53.4 Å². The molecule has 0 bridgehead atoms. The molecular weight excluding hydrogens is 386 g/mol. The lowest BCUT2D eigenvalue weighted by Crippen LogP contribution is -2.32. The molecular formula is C20H24ClNO4S. The first-order chi connectivity index (χ1) is 12.7. The maximum Gasteiger partial charge on any atom is 0.306 e. The van der Waals surface area contributed by atoms with Gasteiger partial charge in [0.05, 0.1) is 16.8 Å². The molecule has 7 heteroatoms. The van der Waals surface area contributed by atoms with Gasteiger partial charge in [0.15, 0.2) is 0 Å². The van der Waals surface area contributed by atoms with Crippen LogP contribution in [0.1, 0.15) is 36.2 Å². The summed E-state index contributed by atoms with van der Waals surface area (Å²) >= 11 is 6.19. The van der Waals surface area contributed by atoms with Crippen molar-refractivity contribution in [3.05, 3.63) is 64.7 Å². The zero-order valence-electron chi connectivity index (χ0n) is 15.7. The molecule has 0 saturated carbocycles. The highest BCUT2D eigenvalue weighted by atomic mass is 35.5. The number of nitrogens with zero attached hydrogens (tertiary/aromatic N) is 1. The van der Waals surface area contributed by atoms with Gasteiger partial charge in [-0.2, -0.15) is 8.42 Å². The van der Waals surface area contributed by atoms with Crippen LogP contribution in [-0.4, -0.2) is 32.0 Å². The zero-order chi connectivity index (χ0) is 20.0. The standard InChI is InChI=1S/C20H24ClNO4S/c1-15(2)12-13-22(20(23)18-6-4-5-7-19(18)21)14-16-8-10-17(11-9-16)26-27(3,24)25/h4-11,15H,12-14H2,1-3H3. The summed E-state index contributed by atoms with van der Waals surface area (Å²) in [7, 11) is -3.56. The van der Waals surface area contributed by atoms with E-state index in [0.717, 1.165) is 18.2 Å². The highest BCUT2D eigenvalue weighted by Gasteiger charge is 2.19. The Hall–Kier alpha value is -2.05. The van der Waals surface area contributed by atoms with Crippen molar-refractivity contribution in [2.24, 2.45) is 5.92 Å². The summed E-state index contributed by atoms with van der Waals surface area (Å²) in [5.74, 6) is 0.571. The molecule has 2 aromatic rings. The third-order valence-electron chi connectivity index (χ3n) is 3.91. The molecule has 146 valence electrons. The Morgan fingerprint density at radius 1 is 1.11 bits per heavy atom. The molecule has 2 aromatic carbocycles. The van der Waals surface area contributed by atoms with E-state index < -0.39 is 10.1 Å². The highest BCUT2D eigenvalue weighted by molar-refractivity contribution is 7.86. The van der Waals surface area contributed by atoms with Gasteiger partial charge in [-0.25, -0.2) is 0 Å². The maximum atomic E-state index is 13.0. The van der Waals surface area contributed by atoms with Gasteiger partial charge < -0.3 is 9.08 Å². The second-order valence-corrected chi connectivity index (χ2v) is 8.80. The molecule has 0 fully saturated rings. The number of hydrogen-bond donors (Lipinski definition) is 0. The van der Waals surface area contributed by atoms with Crippen molar-refractivity contribution in [1.29, 1.82) is 0 Å². The third-order valence-corrected chi connectivity index (χ3v) is 4.74. The van der Waals surface area contributed by atoms with Crippen LogP contribution < -0.4 is 4.18 Å². The average molecular weight is 410 g/mol. The second kappa shape index (κ2) is 9.24.